The first-order valence-electron chi connectivity index (χ1n) is 13.9. The van der Waals surface area contributed by atoms with E-state index in [1.807, 2.05) is 36.2 Å². The van der Waals surface area contributed by atoms with Crippen LogP contribution in [0.25, 0.3) is 0 Å². The molecule has 4 fully saturated rings. The van der Waals surface area contributed by atoms with Crippen LogP contribution in [0.5, 0.6) is 0 Å². The Kier molecular flexibility index (Phi) is 9.51. The van der Waals surface area contributed by atoms with E-state index in [0.29, 0.717) is 23.6 Å². The molecule has 198 valence electrons. The summed E-state index contributed by atoms with van der Waals surface area (Å²) in [5.41, 5.74) is 0.926. The van der Waals surface area contributed by atoms with Gasteiger partial charge in [-0.1, -0.05) is 37.5 Å². The number of amidine groups is 1. The molecule has 3 aliphatic carbocycles. The van der Waals surface area contributed by atoms with Gasteiger partial charge in [-0.05, 0) is 63.0 Å². The number of nitrogens with one attached hydrogen (secondary N) is 1. The van der Waals surface area contributed by atoms with Crippen LogP contribution in [0.4, 0.5) is 0 Å². The Balaban J connectivity index is 0.000000174. The maximum atomic E-state index is 12.7. The number of thiol groups is 1. The SMILES string of the molecule is CN(CC1CCCCC1)C(=O)C1C2CCC(C2)C1C=O.CN1CCN(C(=N)c2ccccc2S)CC1. The van der Waals surface area contributed by atoms with Crippen molar-refractivity contribution in [2.45, 2.75) is 56.3 Å². The Morgan fingerprint density at radius 1 is 1.06 bits per heavy atom. The first kappa shape index (κ1) is 27.2. The molecule has 1 aliphatic heterocycles. The monoisotopic (exact) mass is 512 g/mol. The highest BCUT2D eigenvalue weighted by atomic mass is 32.1. The van der Waals surface area contributed by atoms with Gasteiger partial charge in [-0.15, -0.1) is 12.6 Å². The molecule has 1 N–H and O–H groups in total. The van der Waals surface area contributed by atoms with Crippen LogP contribution in [-0.4, -0.2) is 79.5 Å². The van der Waals surface area contributed by atoms with Gasteiger partial charge < -0.3 is 19.5 Å². The first-order chi connectivity index (χ1) is 17.4. The molecule has 1 saturated heterocycles. The second kappa shape index (κ2) is 12.6. The summed E-state index contributed by atoms with van der Waals surface area (Å²) in [6, 6.07) is 7.80. The average molecular weight is 513 g/mol. The zero-order valence-corrected chi connectivity index (χ0v) is 23.0. The first-order valence-corrected chi connectivity index (χ1v) is 14.3. The normalized spacial score (nSPS) is 28.4. The number of benzene rings is 1. The summed E-state index contributed by atoms with van der Waals surface area (Å²) < 4.78 is 0. The van der Waals surface area contributed by atoms with Crippen molar-refractivity contribution in [3.05, 3.63) is 29.8 Å². The zero-order chi connectivity index (χ0) is 25.7. The largest absolute Gasteiger partial charge is 0.354 e. The molecule has 4 aliphatic rings. The fourth-order valence-electron chi connectivity index (χ4n) is 6.87. The van der Waals surface area contributed by atoms with E-state index >= 15 is 0 Å². The number of likely N-dealkylation sites (N-methyl/N-ethyl adjacent to an activating group) is 1. The number of piperazine rings is 1. The Morgan fingerprint density at radius 2 is 1.72 bits per heavy atom. The van der Waals surface area contributed by atoms with Gasteiger partial charge in [-0.3, -0.25) is 10.2 Å². The van der Waals surface area contributed by atoms with Crippen molar-refractivity contribution in [2.75, 3.05) is 46.8 Å². The average Bonchev–Trinajstić information content (AvgIpc) is 3.51. The highest BCUT2D eigenvalue weighted by Crippen LogP contribution is 2.52. The lowest BCUT2D eigenvalue weighted by molar-refractivity contribution is -0.140. The molecule has 1 heterocycles. The Bertz CT molecular complexity index is 910. The van der Waals surface area contributed by atoms with Gasteiger partial charge in [0.05, 0.1) is 5.92 Å². The number of rotatable bonds is 5. The summed E-state index contributed by atoms with van der Waals surface area (Å²) in [6.07, 6.45) is 11.0. The summed E-state index contributed by atoms with van der Waals surface area (Å²) >= 11 is 4.40. The molecule has 3 saturated carbocycles. The minimum absolute atomic E-state index is 0.000148. The van der Waals surface area contributed by atoms with Crippen LogP contribution in [0, 0.1) is 35.0 Å². The van der Waals surface area contributed by atoms with Crippen LogP contribution in [0.2, 0.25) is 0 Å². The van der Waals surface area contributed by atoms with E-state index in [4.69, 9.17) is 5.41 Å². The van der Waals surface area contributed by atoms with E-state index in [2.05, 4.69) is 29.5 Å². The Hall–Kier alpha value is -1.86. The lowest BCUT2D eigenvalue weighted by Gasteiger charge is -2.34. The molecule has 5 rings (SSSR count). The number of aldehydes is 1. The van der Waals surface area contributed by atoms with Gasteiger partial charge in [0.2, 0.25) is 5.91 Å². The number of hydrogen-bond donors (Lipinski definition) is 2. The summed E-state index contributed by atoms with van der Waals surface area (Å²) in [5.74, 6) is 2.52. The molecule has 1 amide bonds. The quantitative estimate of drug-likeness (QED) is 0.265. The molecule has 4 atom stereocenters. The minimum Gasteiger partial charge on any atom is -0.354 e. The fraction of sp³-hybridized carbons (Fsp3) is 0.690. The van der Waals surface area contributed by atoms with E-state index in [1.54, 1.807) is 0 Å². The topological polar surface area (TPSA) is 67.7 Å². The number of carbonyl (C=O) groups is 2. The van der Waals surface area contributed by atoms with Crippen molar-refractivity contribution in [1.82, 2.24) is 14.7 Å². The van der Waals surface area contributed by atoms with Crippen molar-refractivity contribution in [2.24, 2.45) is 29.6 Å². The summed E-state index contributed by atoms with van der Waals surface area (Å²) in [6.45, 7) is 4.81. The van der Waals surface area contributed by atoms with Gasteiger partial charge in [0.15, 0.2) is 0 Å². The molecule has 0 aromatic heterocycles. The minimum atomic E-state index is -0.000148. The lowest BCUT2D eigenvalue weighted by Crippen LogP contribution is -2.47. The molecule has 1 aromatic carbocycles. The van der Waals surface area contributed by atoms with Crippen LogP contribution in [0.3, 0.4) is 0 Å². The molecule has 2 bridgehead atoms. The van der Waals surface area contributed by atoms with Crippen molar-refractivity contribution in [1.29, 1.82) is 5.41 Å². The van der Waals surface area contributed by atoms with Gasteiger partial charge in [0.25, 0.3) is 0 Å². The molecule has 0 spiro atoms. The van der Waals surface area contributed by atoms with Crippen LogP contribution in [0.15, 0.2) is 29.2 Å². The second-order valence-electron chi connectivity index (χ2n) is 11.5. The third-order valence-corrected chi connectivity index (χ3v) is 9.42. The number of nitrogens with zero attached hydrogens (tertiary/aromatic N) is 3. The van der Waals surface area contributed by atoms with Crippen LogP contribution in [-0.2, 0) is 9.59 Å². The van der Waals surface area contributed by atoms with Crippen LogP contribution < -0.4 is 0 Å². The molecule has 0 radical (unpaired) electrons. The van der Waals surface area contributed by atoms with Crippen LogP contribution >= 0.6 is 12.6 Å². The Labute approximate surface area is 222 Å². The number of amides is 1. The number of hydrogen-bond acceptors (Lipinski definition) is 5. The van der Waals surface area contributed by atoms with E-state index in [0.717, 1.165) is 68.7 Å². The van der Waals surface area contributed by atoms with Crippen molar-refractivity contribution < 1.29 is 9.59 Å². The summed E-state index contributed by atoms with van der Waals surface area (Å²) in [4.78, 5) is 31.3. The smallest absolute Gasteiger partial charge is 0.226 e. The second-order valence-corrected chi connectivity index (χ2v) is 11.9. The van der Waals surface area contributed by atoms with Crippen molar-refractivity contribution in [3.63, 3.8) is 0 Å². The van der Waals surface area contributed by atoms with Crippen molar-refractivity contribution >= 4 is 30.7 Å². The third-order valence-electron chi connectivity index (χ3n) is 9.03. The zero-order valence-electron chi connectivity index (χ0n) is 22.1. The maximum absolute atomic E-state index is 12.7. The molecular formula is C29H44N4O2S. The van der Waals surface area contributed by atoms with Crippen LogP contribution in [0.1, 0.15) is 56.9 Å². The standard InChI is InChI=1S/C17H27NO2.C12H17N3S/c1-18(10-12-5-3-2-4-6-12)17(20)16-14-8-7-13(9-14)15(16)11-19;1-14-6-8-15(9-7-14)12(13)10-4-2-3-5-11(10)16/h11-16H,2-10H2,1H3;2-5,13,16H,6-9H2,1H3. The van der Waals surface area contributed by atoms with Gasteiger partial charge in [0, 0.05) is 56.1 Å². The van der Waals surface area contributed by atoms with Gasteiger partial charge in [0.1, 0.15) is 12.1 Å². The van der Waals surface area contributed by atoms with E-state index in [-0.39, 0.29) is 17.7 Å². The highest BCUT2D eigenvalue weighted by molar-refractivity contribution is 7.80. The molecule has 4 unspecified atom stereocenters. The lowest BCUT2D eigenvalue weighted by atomic mass is 9.79. The molecular weight excluding hydrogens is 468 g/mol. The predicted molar refractivity (Wildman–Crippen MR) is 148 cm³/mol. The van der Waals surface area contributed by atoms with E-state index in [1.165, 1.54) is 32.1 Å². The van der Waals surface area contributed by atoms with Gasteiger partial charge in [-0.25, -0.2) is 0 Å². The fourth-order valence-corrected chi connectivity index (χ4v) is 7.14. The summed E-state index contributed by atoms with van der Waals surface area (Å²) in [7, 11) is 4.07. The molecule has 7 heteroatoms. The molecule has 6 nitrogen and oxygen atoms in total. The van der Waals surface area contributed by atoms with E-state index < -0.39 is 0 Å². The molecule has 36 heavy (non-hydrogen) atoms. The van der Waals surface area contributed by atoms with Crippen molar-refractivity contribution in [3.8, 4) is 0 Å². The number of carbonyl (C=O) groups excluding carboxylic acids is 2. The highest BCUT2D eigenvalue weighted by Gasteiger charge is 2.51. The number of fused-ring (bicyclic) bond motifs is 2. The Morgan fingerprint density at radius 3 is 2.39 bits per heavy atom. The van der Waals surface area contributed by atoms with Gasteiger partial charge in [-0.2, -0.15) is 0 Å². The summed E-state index contributed by atoms with van der Waals surface area (Å²) in [5, 5.41) is 8.19. The van der Waals surface area contributed by atoms with E-state index in [9.17, 15) is 9.59 Å². The molecule has 1 aromatic rings. The van der Waals surface area contributed by atoms with Gasteiger partial charge >= 0.3 is 0 Å². The third kappa shape index (κ3) is 6.34. The maximum Gasteiger partial charge on any atom is 0.226 e. The predicted octanol–water partition coefficient (Wildman–Crippen LogP) is 4.43.